The third kappa shape index (κ3) is 2.80. The molecule has 0 fully saturated rings. The fourth-order valence-corrected chi connectivity index (χ4v) is 2.37. The number of fused-ring (bicyclic) bond motifs is 1. The minimum atomic E-state index is -4.85. The number of para-hydroxylation sites is 1. The number of hydrogen-bond acceptors (Lipinski definition) is 2. The summed E-state index contributed by atoms with van der Waals surface area (Å²) in [6.07, 6.45) is -4.85. The summed E-state index contributed by atoms with van der Waals surface area (Å²) in [5.74, 6) is -0.478. The molecule has 0 spiro atoms. The van der Waals surface area contributed by atoms with Gasteiger partial charge >= 0.3 is 12.1 Å². The van der Waals surface area contributed by atoms with Gasteiger partial charge in [-0.25, -0.2) is 4.79 Å². The summed E-state index contributed by atoms with van der Waals surface area (Å²) in [4.78, 5) is 16.3. The Hall–Kier alpha value is -2.41. The summed E-state index contributed by atoms with van der Waals surface area (Å²) in [6, 6.07) is 8.98. The number of hydrogen-bond donors (Lipinski definition) is 2. The largest absolute Gasteiger partial charge is 0.573 e. The van der Waals surface area contributed by atoms with Crippen molar-refractivity contribution >= 4 is 22.6 Å². The molecule has 0 saturated heterocycles. The molecule has 8 heteroatoms. The van der Waals surface area contributed by atoms with E-state index in [-0.39, 0.29) is 10.6 Å². The van der Waals surface area contributed by atoms with E-state index in [1.807, 2.05) is 0 Å². The van der Waals surface area contributed by atoms with Gasteiger partial charge in [-0.15, -0.1) is 13.2 Å². The lowest BCUT2D eigenvalue weighted by Gasteiger charge is -2.14. The van der Waals surface area contributed by atoms with Crippen LogP contribution in [0, 0.1) is 0 Å². The van der Waals surface area contributed by atoms with Gasteiger partial charge in [0, 0.05) is 5.56 Å². The number of benzene rings is 2. The molecule has 0 bridgehead atoms. The number of H-pyrrole nitrogens is 2. The van der Waals surface area contributed by atoms with Crippen LogP contribution in [0.2, 0.25) is 5.02 Å². The fourth-order valence-electron chi connectivity index (χ4n) is 2.16. The first kappa shape index (κ1) is 14.5. The number of aromatic amines is 2. The van der Waals surface area contributed by atoms with Gasteiger partial charge in [-0.1, -0.05) is 29.8 Å². The summed E-state index contributed by atoms with van der Waals surface area (Å²) in [5, 5.41) is -0.155. The average Bonchev–Trinajstić information content (AvgIpc) is 2.78. The van der Waals surface area contributed by atoms with Crippen molar-refractivity contribution in [2.75, 3.05) is 0 Å². The van der Waals surface area contributed by atoms with Gasteiger partial charge < -0.3 is 14.7 Å². The topological polar surface area (TPSA) is 57.9 Å². The molecule has 0 aliphatic rings. The average molecular weight is 329 g/mol. The van der Waals surface area contributed by atoms with Gasteiger partial charge in [0.15, 0.2) is 5.75 Å². The number of imidazole rings is 1. The lowest BCUT2D eigenvalue weighted by atomic mass is 10.0. The van der Waals surface area contributed by atoms with Gasteiger partial charge in [-0.05, 0) is 23.8 Å². The second-order valence-electron chi connectivity index (χ2n) is 4.50. The summed E-state index contributed by atoms with van der Waals surface area (Å²) < 4.78 is 41.6. The Bertz CT molecular complexity index is 899. The first-order chi connectivity index (χ1) is 10.3. The number of alkyl halides is 3. The molecule has 0 saturated carbocycles. The molecule has 3 rings (SSSR count). The van der Waals surface area contributed by atoms with Gasteiger partial charge in [0.25, 0.3) is 0 Å². The highest BCUT2D eigenvalue weighted by Gasteiger charge is 2.33. The van der Waals surface area contributed by atoms with Crippen LogP contribution in [0.3, 0.4) is 0 Å². The third-order valence-corrected chi connectivity index (χ3v) is 3.31. The van der Waals surface area contributed by atoms with Crippen LogP contribution in [0.1, 0.15) is 0 Å². The normalized spacial score (nSPS) is 11.8. The Labute approximate surface area is 126 Å². The maximum atomic E-state index is 12.5. The minimum absolute atomic E-state index is 0.155. The second-order valence-corrected chi connectivity index (χ2v) is 4.91. The van der Waals surface area contributed by atoms with Crippen molar-refractivity contribution in [1.29, 1.82) is 0 Å². The molecular weight excluding hydrogens is 321 g/mol. The summed E-state index contributed by atoms with van der Waals surface area (Å²) in [7, 11) is 0. The predicted octanol–water partition coefficient (Wildman–Crippen LogP) is 4.08. The van der Waals surface area contributed by atoms with Crippen LogP contribution in [-0.4, -0.2) is 16.3 Å². The number of aromatic nitrogens is 2. The number of ether oxygens (including phenoxy) is 1. The highest BCUT2D eigenvalue weighted by molar-refractivity contribution is 6.32. The van der Waals surface area contributed by atoms with Crippen LogP contribution in [0.15, 0.2) is 41.2 Å². The van der Waals surface area contributed by atoms with Gasteiger partial charge in [0.1, 0.15) is 0 Å². The number of nitrogens with one attached hydrogen (secondary N) is 2. The van der Waals surface area contributed by atoms with E-state index in [1.165, 1.54) is 18.2 Å². The van der Waals surface area contributed by atoms with Crippen molar-refractivity contribution in [1.82, 2.24) is 9.97 Å². The van der Waals surface area contributed by atoms with Crippen LogP contribution in [0.4, 0.5) is 13.2 Å². The zero-order valence-corrected chi connectivity index (χ0v) is 11.5. The molecule has 2 N–H and O–H groups in total. The molecular formula is C14H8ClF3N2O2. The molecule has 2 aromatic carbocycles. The fraction of sp³-hybridized carbons (Fsp3) is 0.0714. The summed E-state index contributed by atoms with van der Waals surface area (Å²) >= 11 is 5.82. The molecule has 0 unspecified atom stereocenters. The Kier molecular flexibility index (Phi) is 3.37. The summed E-state index contributed by atoms with van der Waals surface area (Å²) in [5.41, 5.74) is 1.23. The Morgan fingerprint density at radius 3 is 2.50 bits per heavy atom. The van der Waals surface area contributed by atoms with Gasteiger partial charge in [-0.3, -0.25) is 0 Å². The zero-order valence-electron chi connectivity index (χ0n) is 10.8. The third-order valence-electron chi connectivity index (χ3n) is 3.01. The molecule has 0 radical (unpaired) electrons. The van der Waals surface area contributed by atoms with Crippen LogP contribution in [0.5, 0.6) is 5.75 Å². The minimum Gasteiger partial charge on any atom is -0.404 e. The SMILES string of the molecule is O=c1[nH]c2ccc(-c3cccc(Cl)c3OC(F)(F)F)cc2[nH]1. The van der Waals surface area contributed by atoms with E-state index in [0.717, 1.165) is 0 Å². The quantitative estimate of drug-likeness (QED) is 0.745. The van der Waals surface area contributed by atoms with Crippen molar-refractivity contribution in [3.8, 4) is 16.9 Å². The molecule has 0 aliphatic heterocycles. The van der Waals surface area contributed by atoms with Crippen LogP contribution < -0.4 is 10.4 Å². The van der Waals surface area contributed by atoms with E-state index in [4.69, 9.17) is 11.6 Å². The van der Waals surface area contributed by atoms with Crippen molar-refractivity contribution in [2.24, 2.45) is 0 Å². The van der Waals surface area contributed by atoms with E-state index >= 15 is 0 Å². The number of halogens is 4. The van der Waals surface area contributed by atoms with E-state index in [0.29, 0.717) is 16.6 Å². The van der Waals surface area contributed by atoms with Gasteiger partial charge in [0.05, 0.1) is 16.1 Å². The molecule has 22 heavy (non-hydrogen) atoms. The standard InChI is InChI=1S/C14H8ClF3N2O2/c15-9-3-1-2-8(12(9)22-14(16,17)18)7-4-5-10-11(6-7)20-13(21)19-10/h1-6H,(H2,19,20,21). The van der Waals surface area contributed by atoms with Gasteiger partial charge in [0.2, 0.25) is 0 Å². The van der Waals surface area contributed by atoms with Crippen molar-refractivity contribution in [3.63, 3.8) is 0 Å². The van der Waals surface area contributed by atoms with Gasteiger partial charge in [-0.2, -0.15) is 0 Å². The maximum absolute atomic E-state index is 12.5. The lowest BCUT2D eigenvalue weighted by molar-refractivity contribution is -0.274. The van der Waals surface area contributed by atoms with Crippen molar-refractivity contribution < 1.29 is 17.9 Å². The molecule has 1 aromatic heterocycles. The Morgan fingerprint density at radius 2 is 1.77 bits per heavy atom. The monoisotopic (exact) mass is 328 g/mol. The molecule has 1 heterocycles. The first-order valence-corrected chi connectivity index (χ1v) is 6.48. The first-order valence-electron chi connectivity index (χ1n) is 6.10. The maximum Gasteiger partial charge on any atom is 0.573 e. The Morgan fingerprint density at radius 1 is 1.05 bits per heavy atom. The summed E-state index contributed by atoms with van der Waals surface area (Å²) in [6.45, 7) is 0. The smallest absolute Gasteiger partial charge is 0.404 e. The Balaban J connectivity index is 2.17. The predicted molar refractivity (Wildman–Crippen MR) is 76.0 cm³/mol. The van der Waals surface area contributed by atoms with Crippen molar-refractivity contribution in [3.05, 3.63) is 51.9 Å². The van der Waals surface area contributed by atoms with E-state index < -0.39 is 17.8 Å². The molecule has 0 atom stereocenters. The lowest BCUT2D eigenvalue weighted by Crippen LogP contribution is -2.18. The second kappa shape index (κ2) is 5.10. The van der Waals surface area contributed by atoms with E-state index in [2.05, 4.69) is 14.7 Å². The van der Waals surface area contributed by atoms with Crippen LogP contribution >= 0.6 is 11.6 Å². The molecule has 3 aromatic rings. The number of rotatable bonds is 2. The highest BCUT2D eigenvalue weighted by atomic mass is 35.5. The van der Waals surface area contributed by atoms with E-state index in [1.54, 1.807) is 18.2 Å². The molecule has 0 aliphatic carbocycles. The highest BCUT2D eigenvalue weighted by Crippen LogP contribution is 2.39. The van der Waals surface area contributed by atoms with Crippen LogP contribution in [-0.2, 0) is 0 Å². The molecule has 0 amide bonds. The molecule has 4 nitrogen and oxygen atoms in total. The molecule has 114 valence electrons. The van der Waals surface area contributed by atoms with E-state index in [9.17, 15) is 18.0 Å². The van der Waals surface area contributed by atoms with Crippen molar-refractivity contribution in [2.45, 2.75) is 6.36 Å². The van der Waals surface area contributed by atoms with Crippen LogP contribution in [0.25, 0.3) is 22.2 Å². The zero-order chi connectivity index (χ0) is 15.9.